The predicted octanol–water partition coefficient (Wildman–Crippen LogP) is 5.72. The van der Waals surface area contributed by atoms with Crippen LogP contribution in [0.4, 0.5) is 0 Å². The lowest BCUT2D eigenvalue weighted by atomic mass is 10.1. The highest BCUT2D eigenvalue weighted by Crippen LogP contribution is 2.18. The summed E-state index contributed by atoms with van der Waals surface area (Å²) in [7, 11) is 0. The summed E-state index contributed by atoms with van der Waals surface area (Å²) in [5.41, 5.74) is 0. The zero-order chi connectivity index (χ0) is 17.5. The summed E-state index contributed by atoms with van der Waals surface area (Å²) < 4.78 is 5.47. The smallest absolute Gasteiger partial charge is 0.323 e. The van der Waals surface area contributed by atoms with Crippen molar-refractivity contribution in [3.63, 3.8) is 0 Å². The molecule has 1 atom stereocenters. The molecule has 1 saturated heterocycles. The maximum Gasteiger partial charge on any atom is 0.323 e. The van der Waals surface area contributed by atoms with E-state index in [9.17, 15) is 4.79 Å². The van der Waals surface area contributed by atoms with Crippen molar-refractivity contribution >= 4 is 5.97 Å². The molecule has 0 spiro atoms. The van der Waals surface area contributed by atoms with E-state index in [1.165, 1.54) is 70.6 Å². The number of esters is 1. The second kappa shape index (κ2) is 14.7. The molecule has 0 N–H and O–H groups in total. The Morgan fingerprint density at radius 1 is 0.875 bits per heavy atom. The number of carbonyl (C=O) groups is 1. The van der Waals surface area contributed by atoms with Gasteiger partial charge < -0.3 is 4.74 Å². The number of nitrogens with zero attached hydrogens (tertiary/aromatic N) is 1. The Balaban J connectivity index is 1.83. The largest absolute Gasteiger partial charge is 0.465 e. The third kappa shape index (κ3) is 9.66. The van der Waals surface area contributed by atoms with E-state index in [1.54, 1.807) is 0 Å². The number of rotatable bonds is 15. The topological polar surface area (TPSA) is 29.5 Å². The Morgan fingerprint density at radius 3 is 1.96 bits per heavy atom. The van der Waals surface area contributed by atoms with Crippen molar-refractivity contribution in [1.29, 1.82) is 0 Å². The molecule has 0 aromatic rings. The number of unbranched alkanes of at least 4 members (excludes halogenated alkanes) is 11. The molecule has 1 aliphatic heterocycles. The molecule has 0 saturated carbocycles. The van der Waals surface area contributed by atoms with E-state index in [0.29, 0.717) is 6.61 Å². The van der Waals surface area contributed by atoms with Crippen LogP contribution in [0.15, 0.2) is 0 Å². The van der Waals surface area contributed by atoms with Gasteiger partial charge in [-0.05, 0) is 32.4 Å². The molecule has 142 valence electrons. The van der Waals surface area contributed by atoms with Crippen LogP contribution >= 0.6 is 0 Å². The molecule has 3 heteroatoms. The van der Waals surface area contributed by atoms with Crippen molar-refractivity contribution in [3.8, 4) is 0 Å². The van der Waals surface area contributed by atoms with E-state index < -0.39 is 0 Å². The molecule has 0 bridgehead atoms. The third-order valence-corrected chi connectivity index (χ3v) is 5.28. The van der Waals surface area contributed by atoms with Crippen molar-refractivity contribution in [3.05, 3.63) is 0 Å². The average Bonchev–Trinajstić information content (AvgIpc) is 3.07. The minimum atomic E-state index is 0.0115. The lowest BCUT2D eigenvalue weighted by molar-refractivity contribution is -0.149. The molecule has 0 unspecified atom stereocenters. The second-order valence-electron chi connectivity index (χ2n) is 7.34. The van der Waals surface area contributed by atoms with Crippen LogP contribution in [0, 0.1) is 0 Å². The number of likely N-dealkylation sites (tertiary alicyclic amines) is 1. The van der Waals surface area contributed by atoms with E-state index in [1.807, 2.05) is 0 Å². The molecule has 0 radical (unpaired) electrons. The highest BCUT2D eigenvalue weighted by Gasteiger charge is 2.30. The Hall–Kier alpha value is -0.570. The first-order valence-electron chi connectivity index (χ1n) is 10.7. The zero-order valence-electron chi connectivity index (χ0n) is 16.4. The van der Waals surface area contributed by atoms with Gasteiger partial charge in [0.1, 0.15) is 6.04 Å². The van der Waals surface area contributed by atoms with Crippen LogP contribution in [0.25, 0.3) is 0 Å². The summed E-state index contributed by atoms with van der Waals surface area (Å²) in [5.74, 6) is 0.0115. The van der Waals surface area contributed by atoms with Crippen molar-refractivity contribution in [2.24, 2.45) is 0 Å². The molecule has 1 heterocycles. The maximum absolute atomic E-state index is 12.1. The number of hydrogen-bond acceptors (Lipinski definition) is 3. The summed E-state index contributed by atoms with van der Waals surface area (Å²) in [6.45, 7) is 7.02. The summed E-state index contributed by atoms with van der Waals surface area (Å²) in [5, 5.41) is 0. The predicted molar refractivity (Wildman–Crippen MR) is 102 cm³/mol. The van der Waals surface area contributed by atoms with Crippen LogP contribution in [0.1, 0.15) is 104 Å². The van der Waals surface area contributed by atoms with Crippen molar-refractivity contribution in [2.45, 2.75) is 110 Å². The van der Waals surface area contributed by atoms with Crippen LogP contribution < -0.4 is 0 Å². The van der Waals surface area contributed by atoms with Gasteiger partial charge in [-0.3, -0.25) is 9.69 Å². The lowest BCUT2D eigenvalue weighted by Crippen LogP contribution is -2.37. The van der Waals surface area contributed by atoms with E-state index in [4.69, 9.17) is 4.74 Å². The molecule has 1 fully saturated rings. The molecular weight excluding hydrogens is 298 g/mol. The zero-order valence-corrected chi connectivity index (χ0v) is 16.4. The van der Waals surface area contributed by atoms with Crippen LogP contribution in [0.3, 0.4) is 0 Å². The molecular formula is C21H41NO2. The van der Waals surface area contributed by atoms with E-state index in [0.717, 1.165) is 32.4 Å². The van der Waals surface area contributed by atoms with Crippen LogP contribution in [-0.2, 0) is 9.53 Å². The fraction of sp³-hybridized carbons (Fsp3) is 0.952. The lowest BCUT2D eigenvalue weighted by Gasteiger charge is -2.20. The van der Waals surface area contributed by atoms with Gasteiger partial charge >= 0.3 is 5.97 Å². The number of carbonyl (C=O) groups excluding carboxylic acids is 1. The SMILES string of the molecule is CCCCCCCCCCCCCCOC(=O)[C@@H]1CCCN1CC. The highest BCUT2D eigenvalue weighted by atomic mass is 16.5. The van der Waals surface area contributed by atoms with Gasteiger partial charge in [0.15, 0.2) is 0 Å². The summed E-state index contributed by atoms with van der Waals surface area (Å²) in [4.78, 5) is 14.3. The summed E-state index contributed by atoms with van der Waals surface area (Å²) in [6, 6.07) is 0.0346. The molecule has 24 heavy (non-hydrogen) atoms. The van der Waals surface area contributed by atoms with Crippen LogP contribution in [-0.4, -0.2) is 36.6 Å². The van der Waals surface area contributed by atoms with Crippen molar-refractivity contribution in [1.82, 2.24) is 4.90 Å². The van der Waals surface area contributed by atoms with Gasteiger partial charge in [-0.1, -0.05) is 84.5 Å². The van der Waals surface area contributed by atoms with Gasteiger partial charge in [0.25, 0.3) is 0 Å². The molecule has 0 amide bonds. The summed E-state index contributed by atoms with van der Waals surface area (Å²) >= 11 is 0. The van der Waals surface area contributed by atoms with Crippen molar-refractivity contribution < 1.29 is 9.53 Å². The van der Waals surface area contributed by atoms with Crippen molar-refractivity contribution in [2.75, 3.05) is 19.7 Å². The molecule has 1 rings (SSSR count). The van der Waals surface area contributed by atoms with Gasteiger partial charge in [-0.25, -0.2) is 0 Å². The third-order valence-electron chi connectivity index (χ3n) is 5.28. The second-order valence-corrected chi connectivity index (χ2v) is 7.34. The molecule has 0 aromatic carbocycles. The minimum absolute atomic E-state index is 0.0115. The fourth-order valence-electron chi connectivity index (χ4n) is 3.68. The number of hydrogen-bond donors (Lipinski definition) is 0. The Morgan fingerprint density at radius 2 is 1.42 bits per heavy atom. The first kappa shape index (κ1) is 21.5. The first-order valence-corrected chi connectivity index (χ1v) is 10.7. The van der Waals surface area contributed by atoms with E-state index >= 15 is 0 Å². The molecule has 0 aliphatic carbocycles. The van der Waals surface area contributed by atoms with E-state index in [2.05, 4.69) is 18.7 Å². The Labute approximate surface area is 150 Å². The van der Waals surface area contributed by atoms with Gasteiger partial charge in [0.2, 0.25) is 0 Å². The normalized spacial score (nSPS) is 18.2. The highest BCUT2D eigenvalue weighted by molar-refractivity contribution is 5.76. The van der Waals surface area contributed by atoms with Gasteiger partial charge in [0, 0.05) is 0 Å². The number of likely N-dealkylation sites (N-methyl/N-ethyl adjacent to an activating group) is 1. The first-order chi connectivity index (χ1) is 11.8. The Kier molecular flexibility index (Phi) is 13.2. The molecule has 0 aromatic heterocycles. The monoisotopic (exact) mass is 339 g/mol. The van der Waals surface area contributed by atoms with Crippen LogP contribution in [0.5, 0.6) is 0 Å². The Bertz CT molecular complexity index is 306. The summed E-state index contributed by atoms with van der Waals surface area (Å²) in [6.07, 6.45) is 18.2. The average molecular weight is 340 g/mol. The van der Waals surface area contributed by atoms with Gasteiger partial charge in [-0.15, -0.1) is 0 Å². The molecule has 3 nitrogen and oxygen atoms in total. The molecule has 1 aliphatic rings. The minimum Gasteiger partial charge on any atom is -0.465 e. The quantitative estimate of drug-likeness (QED) is 0.282. The van der Waals surface area contributed by atoms with Gasteiger partial charge in [-0.2, -0.15) is 0 Å². The number of ether oxygens (including phenoxy) is 1. The maximum atomic E-state index is 12.1. The van der Waals surface area contributed by atoms with Crippen LogP contribution in [0.2, 0.25) is 0 Å². The standard InChI is InChI=1S/C21H41NO2/c1-3-5-6-7-8-9-10-11-12-13-14-15-19-24-21(23)20-17-16-18-22(20)4-2/h20H,3-19H2,1-2H3/t20-/m0/s1. The fourth-order valence-corrected chi connectivity index (χ4v) is 3.68. The van der Waals surface area contributed by atoms with E-state index in [-0.39, 0.29) is 12.0 Å². The van der Waals surface area contributed by atoms with Gasteiger partial charge in [0.05, 0.1) is 6.61 Å².